The molecule has 1 aromatic heterocycles. The monoisotopic (exact) mass is 202 g/mol. The van der Waals surface area contributed by atoms with E-state index in [-0.39, 0.29) is 12.4 Å². The van der Waals surface area contributed by atoms with Gasteiger partial charge in [0, 0.05) is 12.3 Å². The van der Waals surface area contributed by atoms with Crippen LogP contribution in [0.3, 0.4) is 0 Å². The van der Waals surface area contributed by atoms with Crippen molar-refractivity contribution in [3.05, 3.63) is 60.2 Å². The number of pyridine rings is 1. The summed E-state index contributed by atoms with van der Waals surface area (Å²) < 4.78 is 18.3. The summed E-state index contributed by atoms with van der Waals surface area (Å²) in [4.78, 5) is 4.07. The molecule has 0 N–H and O–H groups in total. The lowest BCUT2D eigenvalue weighted by atomic mass is 10.3. The van der Waals surface area contributed by atoms with Crippen LogP contribution in [0.5, 0.6) is 5.75 Å². The molecule has 0 unspecified atom stereocenters. The van der Waals surface area contributed by atoms with E-state index in [4.69, 9.17) is 4.74 Å². The Kier molecular flexibility index (Phi) is 2.93. The lowest BCUT2D eigenvalue weighted by Gasteiger charge is -2.05. The fourth-order valence-electron chi connectivity index (χ4n) is 1.15. The van der Waals surface area contributed by atoms with Crippen molar-refractivity contribution in [2.45, 2.75) is 6.61 Å². The number of hydrogen-bond acceptors (Lipinski definition) is 2. The quantitative estimate of drug-likeness (QED) is 0.763. The van der Waals surface area contributed by atoms with Gasteiger partial charge in [0.05, 0.1) is 5.69 Å². The largest absolute Gasteiger partial charge is 0.484 e. The molecule has 1 heterocycles. The Morgan fingerprint density at radius 3 is 2.93 bits per heavy atom. The van der Waals surface area contributed by atoms with E-state index in [1.807, 2.05) is 18.2 Å². The topological polar surface area (TPSA) is 22.1 Å². The Morgan fingerprint density at radius 1 is 1.27 bits per heavy atom. The highest BCUT2D eigenvalue weighted by Gasteiger charge is 2.01. The molecular weight excluding hydrogens is 193 g/mol. The fraction of sp³-hybridized carbons (Fsp3) is 0.0833. The van der Waals surface area contributed by atoms with Gasteiger partial charge in [0.25, 0.3) is 0 Å². The van der Waals surface area contributed by atoms with Gasteiger partial charge in [-0.25, -0.2) is 4.39 Å². The first kappa shape index (κ1) is 9.65. The van der Waals surface area contributed by atoms with Crippen LogP contribution in [0.25, 0.3) is 0 Å². The van der Waals surface area contributed by atoms with Gasteiger partial charge in [0.1, 0.15) is 6.61 Å². The second kappa shape index (κ2) is 4.55. The Labute approximate surface area is 87.4 Å². The van der Waals surface area contributed by atoms with E-state index in [0.29, 0.717) is 0 Å². The number of benzene rings is 1. The van der Waals surface area contributed by atoms with E-state index in [1.54, 1.807) is 18.3 Å². The van der Waals surface area contributed by atoms with E-state index in [9.17, 15) is 4.39 Å². The summed E-state index contributed by atoms with van der Waals surface area (Å²) in [5.74, 6) is -0.281. The first-order valence-electron chi connectivity index (χ1n) is 4.55. The van der Waals surface area contributed by atoms with Crippen molar-refractivity contribution in [1.29, 1.82) is 0 Å². The Morgan fingerprint density at radius 2 is 2.20 bits per heavy atom. The minimum absolute atomic E-state index is 0.197. The zero-order valence-electron chi connectivity index (χ0n) is 7.98. The highest BCUT2D eigenvalue weighted by Crippen LogP contribution is 2.15. The first-order chi connectivity index (χ1) is 7.36. The molecular formula is C12H9FNO. The van der Waals surface area contributed by atoms with E-state index in [1.165, 1.54) is 6.07 Å². The second-order valence-corrected chi connectivity index (χ2v) is 2.96. The number of nitrogens with zero attached hydrogens (tertiary/aromatic N) is 1. The predicted octanol–water partition coefficient (Wildman–Crippen LogP) is 2.60. The van der Waals surface area contributed by atoms with Crippen molar-refractivity contribution in [2.24, 2.45) is 0 Å². The maximum Gasteiger partial charge on any atom is 0.172 e. The highest BCUT2D eigenvalue weighted by atomic mass is 19.1. The number of ether oxygens (including phenoxy) is 1. The molecule has 0 aliphatic heterocycles. The molecule has 2 rings (SSSR count). The lowest BCUT2D eigenvalue weighted by molar-refractivity contribution is 0.286. The summed E-state index contributed by atoms with van der Waals surface area (Å²) >= 11 is 0. The molecule has 0 saturated carbocycles. The molecule has 3 heteroatoms. The van der Waals surface area contributed by atoms with Crippen LogP contribution >= 0.6 is 0 Å². The molecule has 0 atom stereocenters. The van der Waals surface area contributed by atoms with Crippen LogP contribution in [0.15, 0.2) is 42.6 Å². The summed E-state index contributed by atoms with van der Waals surface area (Å²) in [6, 6.07) is 12.7. The van der Waals surface area contributed by atoms with Gasteiger partial charge in [-0.2, -0.15) is 0 Å². The van der Waals surface area contributed by atoms with Crippen LogP contribution in [0.4, 0.5) is 4.39 Å². The number of hydrogen-bond donors (Lipinski definition) is 0. The van der Waals surface area contributed by atoms with Crippen molar-refractivity contribution in [2.75, 3.05) is 0 Å². The van der Waals surface area contributed by atoms with Crippen molar-refractivity contribution in [3.63, 3.8) is 0 Å². The van der Waals surface area contributed by atoms with E-state index >= 15 is 0 Å². The zero-order chi connectivity index (χ0) is 10.5. The fourth-order valence-corrected chi connectivity index (χ4v) is 1.15. The van der Waals surface area contributed by atoms with Crippen molar-refractivity contribution >= 4 is 0 Å². The standard InChI is InChI=1S/C12H9FNO/c13-11-6-1-2-7-12(11)15-9-10-5-3-4-8-14-10/h1-5,7-8H,9H2. The summed E-state index contributed by atoms with van der Waals surface area (Å²) in [7, 11) is 0. The van der Waals surface area contributed by atoms with Crippen LogP contribution in [0, 0.1) is 11.9 Å². The van der Waals surface area contributed by atoms with Crippen LogP contribution in [0.1, 0.15) is 5.69 Å². The summed E-state index contributed by atoms with van der Waals surface area (Å²) in [5.41, 5.74) is 0.765. The van der Waals surface area contributed by atoms with E-state index in [2.05, 4.69) is 11.1 Å². The van der Waals surface area contributed by atoms with Crippen molar-refractivity contribution in [1.82, 2.24) is 4.98 Å². The van der Waals surface area contributed by atoms with Crippen molar-refractivity contribution < 1.29 is 9.13 Å². The predicted molar refractivity (Wildman–Crippen MR) is 53.8 cm³/mol. The van der Waals surface area contributed by atoms with Crippen LogP contribution in [-0.2, 0) is 6.61 Å². The van der Waals surface area contributed by atoms with Gasteiger partial charge < -0.3 is 4.74 Å². The average molecular weight is 202 g/mol. The number of rotatable bonds is 3. The molecule has 1 aromatic carbocycles. The summed E-state index contributed by atoms with van der Waals surface area (Å²) in [5, 5.41) is 0. The van der Waals surface area contributed by atoms with Gasteiger partial charge in [-0.3, -0.25) is 4.98 Å². The lowest BCUT2D eigenvalue weighted by Crippen LogP contribution is -1.98. The molecule has 0 amide bonds. The number of aromatic nitrogens is 1. The van der Waals surface area contributed by atoms with Crippen LogP contribution in [0.2, 0.25) is 0 Å². The number of halogens is 1. The summed E-state index contributed by atoms with van der Waals surface area (Å²) in [6.07, 6.45) is 1.67. The third-order valence-electron chi connectivity index (χ3n) is 1.87. The third kappa shape index (κ3) is 2.53. The molecule has 0 bridgehead atoms. The maximum absolute atomic E-state index is 13.1. The second-order valence-electron chi connectivity index (χ2n) is 2.96. The van der Waals surface area contributed by atoms with Gasteiger partial charge in [0.2, 0.25) is 0 Å². The normalized spacial score (nSPS) is 9.93. The van der Waals surface area contributed by atoms with E-state index in [0.717, 1.165) is 5.69 Å². The molecule has 75 valence electrons. The van der Waals surface area contributed by atoms with E-state index < -0.39 is 5.82 Å². The molecule has 0 fully saturated rings. The average Bonchev–Trinajstić information content (AvgIpc) is 2.29. The first-order valence-corrected chi connectivity index (χ1v) is 4.55. The molecule has 15 heavy (non-hydrogen) atoms. The molecule has 2 nitrogen and oxygen atoms in total. The van der Waals surface area contributed by atoms with Gasteiger partial charge >= 0.3 is 0 Å². The summed E-state index contributed by atoms with van der Waals surface area (Å²) in [6.45, 7) is 0.260. The Hall–Kier alpha value is -1.90. The molecule has 0 saturated heterocycles. The van der Waals surface area contributed by atoms with Gasteiger partial charge in [0.15, 0.2) is 11.6 Å². The van der Waals surface area contributed by atoms with Gasteiger partial charge in [-0.15, -0.1) is 0 Å². The smallest absolute Gasteiger partial charge is 0.172 e. The van der Waals surface area contributed by atoms with Gasteiger partial charge in [-0.05, 0) is 18.2 Å². The maximum atomic E-state index is 13.1. The van der Waals surface area contributed by atoms with Crippen molar-refractivity contribution in [3.8, 4) is 5.75 Å². The minimum atomic E-state index is -0.478. The molecule has 0 spiro atoms. The zero-order valence-corrected chi connectivity index (χ0v) is 7.98. The molecule has 0 aliphatic carbocycles. The van der Waals surface area contributed by atoms with Gasteiger partial charge in [-0.1, -0.05) is 18.2 Å². The highest BCUT2D eigenvalue weighted by molar-refractivity contribution is 5.23. The van der Waals surface area contributed by atoms with Crippen LogP contribution < -0.4 is 4.74 Å². The molecule has 1 radical (unpaired) electrons. The Bertz CT molecular complexity index is 431. The third-order valence-corrected chi connectivity index (χ3v) is 1.87. The SMILES string of the molecule is Fc1[c]cccc1OCc1ccccn1. The van der Waals surface area contributed by atoms with Crippen LogP contribution in [-0.4, -0.2) is 4.98 Å². The minimum Gasteiger partial charge on any atom is -0.484 e. The Balaban J connectivity index is 2.03. The molecule has 2 aromatic rings. The molecule has 0 aliphatic rings.